The number of nitrogens with two attached hydrogens (primary N) is 1. The molecule has 0 bridgehead atoms. The highest BCUT2D eigenvalue weighted by atomic mass is 35.5. The lowest BCUT2D eigenvalue weighted by Crippen LogP contribution is -2.37. The van der Waals surface area contributed by atoms with Crippen molar-refractivity contribution in [1.29, 1.82) is 0 Å². The van der Waals surface area contributed by atoms with Crippen LogP contribution in [0.1, 0.15) is 43.0 Å². The first-order valence-corrected chi connectivity index (χ1v) is 7.30. The Bertz CT molecular complexity index is 485. The fourth-order valence-electron chi connectivity index (χ4n) is 2.64. The highest BCUT2D eigenvalue weighted by Gasteiger charge is 2.24. The highest BCUT2D eigenvalue weighted by molar-refractivity contribution is 6.44. The lowest BCUT2D eigenvalue weighted by molar-refractivity contribution is 0.0927. The van der Waals surface area contributed by atoms with E-state index in [-0.39, 0.29) is 17.0 Å². The summed E-state index contributed by atoms with van der Waals surface area (Å²) >= 11 is 12.0. The summed E-state index contributed by atoms with van der Waals surface area (Å²) in [6.45, 7) is 2.04. The van der Waals surface area contributed by atoms with E-state index in [1.807, 2.05) is 6.92 Å². The predicted octanol–water partition coefficient (Wildman–Crippen LogP) is 3.88. The van der Waals surface area contributed by atoms with Gasteiger partial charge < -0.3 is 11.1 Å². The molecule has 0 spiro atoms. The molecule has 3 nitrogen and oxygen atoms in total. The summed E-state index contributed by atoms with van der Waals surface area (Å²) in [6, 6.07) is 3.25. The van der Waals surface area contributed by atoms with Gasteiger partial charge in [-0.15, -0.1) is 0 Å². The van der Waals surface area contributed by atoms with Gasteiger partial charge in [-0.1, -0.05) is 36.0 Å². The summed E-state index contributed by atoms with van der Waals surface area (Å²) in [6.07, 6.45) is 4.84. The minimum atomic E-state index is -0.210. The number of nitrogens with one attached hydrogen (secondary N) is 1. The van der Waals surface area contributed by atoms with Gasteiger partial charge in [0.1, 0.15) is 0 Å². The predicted molar refractivity (Wildman–Crippen MR) is 79.8 cm³/mol. The number of halogens is 2. The zero-order valence-corrected chi connectivity index (χ0v) is 12.4. The Morgan fingerprint density at radius 2 is 2.00 bits per heavy atom. The van der Waals surface area contributed by atoms with E-state index in [9.17, 15) is 4.79 Å². The topological polar surface area (TPSA) is 55.1 Å². The Kier molecular flexibility index (Phi) is 4.58. The Morgan fingerprint density at radius 1 is 1.37 bits per heavy atom. The molecule has 1 amide bonds. The fraction of sp³-hybridized carbons (Fsp3) is 0.500. The molecule has 0 saturated heterocycles. The average molecular weight is 301 g/mol. The third kappa shape index (κ3) is 3.34. The fourth-order valence-corrected chi connectivity index (χ4v) is 3.06. The maximum absolute atomic E-state index is 12.2. The quantitative estimate of drug-likeness (QED) is 0.832. The monoisotopic (exact) mass is 300 g/mol. The Labute approximate surface area is 123 Å². The lowest BCUT2D eigenvalue weighted by atomic mass is 9.99. The molecule has 1 fully saturated rings. The van der Waals surface area contributed by atoms with Gasteiger partial charge >= 0.3 is 0 Å². The summed E-state index contributed by atoms with van der Waals surface area (Å²) in [5.74, 6) is 0.345. The molecule has 1 aromatic rings. The molecule has 19 heavy (non-hydrogen) atoms. The van der Waals surface area contributed by atoms with Crippen LogP contribution in [0.25, 0.3) is 0 Å². The van der Waals surface area contributed by atoms with Crippen LogP contribution in [-0.4, -0.2) is 11.9 Å². The number of amides is 1. The van der Waals surface area contributed by atoms with Gasteiger partial charge in [0.05, 0.1) is 15.6 Å². The first-order valence-electron chi connectivity index (χ1n) is 6.54. The number of nitrogen functional groups attached to an aromatic ring is 1. The Hall–Kier alpha value is -0.930. The van der Waals surface area contributed by atoms with Crippen molar-refractivity contribution in [2.45, 2.75) is 38.6 Å². The maximum atomic E-state index is 12.2. The number of benzene rings is 1. The van der Waals surface area contributed by atoms with Gasteiger partial charge in [-0.3, -0.25) is 4.79 Å². The molecule has 3 N–H and O–H groups in total. The molecule has 2 rings (SSSR count). The van der Waals surface area contributed by atoms with E-state index in [1.165, 1.54) is 25.7 Å². The van der Waals surface area contributed by atoms with Crippen LogP contribution in [0.2, 0.25) is 10.0 Å². The third-order valence-electron chi connectivity index (χ3n) is 3.76. The van der Waals surface area contributed by atoms with Crippen molar-refractivity contribution in [3.05, 3.63) is 27.7 Å². The summed E-state index contributed by atoms with van der Waals surface area (Å²) in [5, 5.41) is 3.56. The molecular formula is C14H18Cl2N2O. The van der Waals surface area contributed by atoms with Crippen LogP contribution in [0.5, 0.6) is 0 Å². The van der Waals surface area contributed by atoms with Crippen LogP contribution in [0.3, 0.4) is 0 Å². The highest BCUT2D eigenvalue weighted by Crippen LogP contribution is 2.30. The van der Waals surface area contributed by atoms with Crippen LogP contribution in [-0.2, 0) is 0 Å². The minimum Gasteiger partial charge on any atom is -0.399 e. The van der Waals surface area contributed by atoms with Crippen molar-refractivity contribution in [3.8, 4) is 0 Å². The molecule has 0 aliphatic heterocycles. The van der Waals surface area contributed by atoms with E-state index >= 15 is 0 Å². The van der Waals surface area contributed by atoms with Gasteiger partial charge in [-0.2, -0.15) is 0 Å². The molecule has 1 atom stereocenters. The number of hydrogen-bond donors (Lipinski definition) is 2. The SMILES string of the molecule is CC(NC(=O)c1cc(N)cc(Cl)c1Cl)C1CCCC1. The van der Waals surface area contributed by atoms with E-state index < -0.39 is 0 Å². The van der Waals surface area contributed by atoms with Gasteiger partial charge in [-0.25, -0.2) is 0 Å². The summed E-state index contributed by atoms with van der Waals surface area (Å²) in [4.78, 5) is 12.2. The van der Waals surface area contributed by atoms with Crippen LogP contribution < -0.4 is 11.1 Å². The van der Waals surface area contributed by atoms with E-state index in [0.717, 1.165) is 0 Å². The Balaban J connectivity index is 2.11. The van der Waals surface area contributed by atoms with E-state index in [2.05, 4.69) is 5.32 Å². The van der Waals surface area contributed by atoms with E-state index in [4.69, 9.17) is 28.9 Å². The molecule has 1 unspecified atom stereocenters. The second kappa shape index (κ2) is 6.02. The van der Waals surface area contributed by atoms with Crippen molar-refractivity contribution in [3.63, 3.8) is 0 Å². The van der Waals surface area contributed by atoms with Crippen LogP contribution >= 0.6 is 23.2 Å². The maximum Gasteiger partial charge on any atom is 0.253 e. The van der Waals surface area contributed by atoms with Gasteiger partial charge in [0.2, 0.25) is 0 Å². The van der Waals surface area contributed by atoms with Gasteiger partial charge in [0, 0.05) is 11.7 Å². The summed E-state index contributed by atoms with van der Waals surface area (Å²) < 4.78 is 0. The molecule has 1 saturated carbocycles. The lowest BCUT2D eigenvalue weighted by Gasteiger charge is -2.20. The molecule has 1 aliphatic carbocycles. The van der Waals surface area contributed by atoms with E-state index in [1.54, 1.807) is 12.1 Å². The second-order valence-electron chi connectivity index (χ2n) is 5.17. The summed E-state index contributed by atoms with van der Waals surface area (Å²) in [5.41, 5.74) is 6.48. The third-order valence-corrected chi connectivity index (χ3v) is 4.56. The molecule has 1 aliphatic rings. The van der Waals surface area contributed by atoms with Crippen LogP contribution in [0.15, 0.2) is 12.1 Å². The number of carbonyl (C=O) groups excluding carboxylic acids is 1. The largest absolute Gasteiger partial charge is 0.399 e. The standard InChI is InChI=1S/C14H18Cl2N2O/c1-8(9-4-2-3-5-9)18-14(19)11-6-10(17)7-12(15)13(11)16/h6-9H,2-5,17H2,1H3,(H,18,19). The first kappa shape index (κ1) is 14.5. The van der Waals surface area contributed by atoms with E-state index in [0.29, 0.717) is 22.2 Å². The van der Waals surface area contributed by atoms with Crippen molar-refractivity contribution >= 4 is 34.8 Å². The zero-order valence-electron chi connectivity index (χ0n) is 10.9. The minimum absolute atomic E-state index is 0.145. The molecule has 0 aromatic heterocycles. The van der Waals surface area contributed by atoms with Crippen LogP contribution in [0, 0.1) is 5.92 Å². The smallest absolute Gasteiger partial charge is 0.253 e. The van der Waals surface area contributed by atoms with Crippen molar-refractivity contribution in [2.75, 3.05) is 5.73 Å². The number of rotatable bonds is 3. The number of anilines is 1. The van der Waals surface area contributed by atoms with Gasteiger partial charge in [-0.05, 0) is 37.8 Å². The van der Waals surface area contributed by atoms with Crippen molar-refractivity contribution in [2.24, 2.45) is 5.92 Å². The van der Waals surface area contributed by atoms with Gasteiger partial charge in [0.15, 0.2) is 0 Å². The molecule has 1 aromatic carbocycles. The van der Waals surface area contributed by atoms with Crippen molar-refractivity contribution < 1.29 is 4.79 Å². The first-order chi connectivity index (χ1) is 8.99. The summed E-state index contributed by atoms with van der Waals surface area (Å²) in [7, 11) is 0. The second-order valence-corrected chi connectivity index (χ2v) is 5.96. The number of hydrogen-bond acceptors (Lipinski definition) is 2. The average Bonchev–Trinajstić information content (AvgIpc) is 2.87. The molecule has 0 radical (unpaired) electrons. The molecule has 0 heterocycles. The zero-order chi connectivity index (χ0) is 14.0. The molecule has 104 valence electrons. The van der Waals surface area contributed by atoms with Crippen molar-refractivity contribution in [1.82, 2.24) is 5.32 Å². The molecular weight excluding hydrogens is 283 g/mol. The Morgan fingerprint density at radius 3 is 2.63 bits per heavy atom. The van der Waals surface area contributed by atoms with Gasteiger partial charge in [0.25, 0.3) is 5.91 Å². The molecule has 5 heteroatoms. The van der Waals surface area contributed by atoms with Crippen LogP contribution in [0.4, 0.5) is 5.69 Å². The normalized spacial score (nSPS) is 17.4. The number of carbonyl (C=O) groups is 1.